The van der Waals surface area contributed by atoms with Gasteiger partial charge in [-0.1, -0.05) is 27.5 Å². The molecule has 21 heavy (non-hydrogen) atoms. The van der Waals surface area contributed by atoms with E-state index < -0.39 is 0 Å². The molecule has 7 heteroatoms. The van der Waals surface area contributed by atoms with Crippen molar-refractivity contribution in [3.63, 3.8) is 0 Å². The molecule has 4 nitrogen and oxygen atoms in total. The van der Waals surface area contributed by atoms with Gasteiger partial charge in [0, 0.05) is 10.7 Å². The van der Waals surface area contributed by atoms with Gasteiger partial charge >= 0.3 is 0 Å². The van der Waals surface area contributed by atoms with Crippen molar-refractivity contribution in [2.45, 2.75) is 0 Å². The van der Waals surface area contributed by atoms with Crippen LogP contribution in [-0.4, -0.2) is 10.9 Å². The van der Waals surface area contributed by atoms with Gasteiger partial charge in [-0.05, 0) is 30.3 Å². The van der Waals surface area contributed by atoms with Crippen LogP contribution in [0, 0.1) is 0 Å². The van der Waals surface area contributed by atoms with Crippen molar-refractivity contribution in [3.05, 3.63) is 50.9 Å². The number of nitrogens with two attached hydrogens (primary N) is 1. The molecule has 0 radical (unpaired) electrons. The predicted molar refractivity (Wildman–Crippen MR) is 91.1 cm³/mol. The van der Waals surface area contributed by atoms with Crippen molar-refractivity contribution in [3.8, 4) is 0 Å². The van der Waals surface area contributed by atoms with Crippen LogP contribution in [0.3, 0.4) is 0 Å². The summed E-state index contributed by atoms with van der Waals surface area (Å²) in [6.07, 6.45) is 1.65. The van der Waals surface area contributed by atoms with Crippen LogP contribution < -0.4 is 11.1 Å². The minimum atomic E-state index is -0.292. The molecule has 3 N–H and O–H groups in total. The van der Waals surface area contributed by atoms with Crippen molar-refractivity contribution in [2.75, 3.05) is 11.1 Å². The fraction of sp³-hybridized carbons (Fsp3) is 0. The molecule has 1 amide bonds. The quantitative estimate of drug-likeness (QED) is 0.683. The third-order valence-corrected chi connectivity index (χ3v) is 4.83. The number of nitrogens with one attached hydrogen (secondary N) is 1. The SMILES string of the molecule is Nc1c(C(=O)Nc2ccc(Br)cc2Cl)sc2cccnc12. The smallest absolute Gasteiger partial charge is 0.267 e. The fourth-order valence-electron chi connectivity index (χ4n) is 1.89. The Labute approximate surface area is 138 Å². The Bertz CT molecular complexity index is 849. The number of anilines is 2. The zero-order valence-corrected chi connectivity index (χ0v) is 13.7. The van der Waals surface area contributed by atoms with Crippen molar-refractivity contribution in [1.29, 1.82) is 0 Å². The number of amides is 1. The zero-order valence-electron chi connectivity index (χ0n) is 10.6. The largest absolute Gasteiger partial charge is 0.396 e. The van der Waals surface area contributed by atoms with E-state index in [0.29, 0.717) is 26.8 Å². The molecule has 3 aromatic rings. The average Bonchev–Trinajstić information content (AvgIpc) is 2.80. The van der Waals surface area contributed by atoms with Crippen LogP contribution in [0.15, 0.2) is 41.0 Å². The number of thiophene rings is 1. The van der Waals surface area contributed by atoms with E-state index in [1.54, 1.807) is 24.4 Å². The van der Waals surface area contributed by atoms with Crippen LogP contribution >= 0.6 is 38.9 Å². The van der Waals surface area contributed by atoms with Crippen molar-refractivity contribution >= 4 is 66.4 Å². The molecule has 0 saturated heterocycles. The summed E-state index contributed by atoms with van der Waals surface area (Å²) in [7, 11) is 0. The summed E-state index contributed by atoms with van der Waals surface area (Å²) in [4.78, 5) is 17.0. The highest BCUT2D eigenvalue weighted by Gasteiger charge is 2.18. The second-order valence-corrected chi connectivity index (χ2v) is 6.65. The Hall–Kier alpha value is -1.63. The van der Waals surface area contributed by atoms with E-state index in [9.17, 15) is 4.79 Å². The Morgan fingerprint density at radius 3 is 2.90 bits per heavy atom. The summed E-state index contributed by atoms with van der Waals surface area (Å²) < 4.78 is 1.72. The van der Waals surface area contributed by atoms with Crippen LogP contribution in [0.4, 0.5) is 11.4 Å². The first-order valence-corrected chi connectivity index (χ1v) is 7.94. The van der Waals surface area contributed by atoms with Crippen molar-refractivity contribution < 1.29 is 4.79 Å². The summed E-state index contributed by atoms with van der Waals surface area (Å²) in [6.45, 7) is 0. The van der Waals surface area contributed by atoms with Crippen LogP contribution in [0.25, 0.3) is 10.2 Å². The van der Waals surface area contributed by atoms with Crippen LogP contribution in [0.2, 0.25) is 5.02 Å². The van der Waals surface area contributed by atoms with Crippen molar-refractivity contribution in [2.24, 2.45) is 0 Å². The van der Waals surface area contributed by atoms with Crippen LogP contribution in [-0.2, 0) is 0 Å². The molecule has 2 aromatic heterocycles. The summed E-state index contributed by atoms with van der Waals surface area (Å²) in [6, 6.07) is 8.94. The topological polar surface area (TPSA) is 68.0 Å². The highest BCUT2D eigenvalue weighted by molar-refractivity contribution is 9.10. The molecule has 1 aromatic carbocycles. The number of aromatic nitrogens is 1. The fourth-order valence-corrected chi connectivity index (χ4v) is 3.58. The number of benzene rings is 1. The molecule has 0 atom stereocenters. The van der Waals surface area contributed by atoms with Gasteiger partial charge in [-0.25, -0.2) is 0 Å². The van der Waals surface area contributed by atoms with E-state index in [2.05, 4.69) is 26.2 Å². The number of fused-ring (bicyclic) bond motifs is 1. The molecule has 0 fully saturated rings. The van der Waals surface area contributed by atoms with Crippen LogP contribution in [0.5, 0.6) is 0 Å². The lowest BCUT2D eigenvalue weighted by Gasteiger charge is -2.06. The molecule has 0 spiro atoms. The number of hydrogen-bond donors (Lipinski definition) is 2. The zero-order chi connectivity index (χ0) is 15.0. The maximum absolute atomic E-state index is 12.4. The average molecular weight is 383 g/mol. The normalized spacial score (nSPS) is 10.8. The molecule has 0 aliphatic carbocycles. The number of nitrogens with zero attached hydrogens (tertiary/aromatic N) is 1. The second-order valence-electron chi connectivity index (χ2n) is 4.27. The van der Waals surface area contributed by atoms with Gasteiger partial charge in [0.2, 0.25) is 0 Å². The monoisotopic (exact) mass is 381 g/mol. The molecular weight excluding hydrogens is 374 g/mol. The first-order valence-electron chi connectivity index (χ1n) is 5.95. The lowest BCUT2D eigenvalue weighted by Crippen LogP contribution is -2.12. The Balaban J connectivity index is 1.95. The highest BCUT2D eigenvalue weighted by Crippen LogP contribution is 2.33. The maximum atomic E-state index is 12.4. The van der Waals surface area contributed by atoms with Gasteiger partial charge in [0.1, 0.15) is 10.4 Å². The van der Waals surface area contributed by atoms with E-state index in [-0.39, 0.29) is 5.91 Å². The Morgan fingerprint density at radius 2 is 2.19 bits per heavy atom. The minimum Gasteiger partial charge on any atom is -0.396 e. The lowest BCUT2D eigenvalue weighted by molar-refractivity contribution is 0.103. The third kappa shape index (κ3) is 2.74. The number of carbonyl (C=O) groups excluding carboxylic acids is 1. The first kappa shape index (κ1) is 14.3. The van der Waals surface area contributed by atoms with E-state index >= 15 is 0 Å². The van der Waals surface area contributed by atoms with Gasteiger partial charge in [0.15, 0.2) is 0 Å². The maximum Gasteiger partial charge on any atom is 0.267 e. The summed E-state index contributed by atoms with van der Waals surface area (Å²) in [5.74, 6) is -0.292. The molecule has 0 aliphatic rings. The molecular formula is C14H9BrClN3OS. The molecule has 0 saturated carbocycles. The van der Waals surface area contributed by atoms with E-state index in [4.69, 9.17) is 17.3 Å². The third-order valence-electron chi connectivity index (χ3n) is 2.87. The van der Waals surface area contributed by atoms with Crippen LogP contribution in [0.1, 0.15) is 9.67 Å². The van der Waals surface area contributed by atoms with Gasteiger partial charge in [-0.2, -0.15) is 0 Å². The summed E-state index contributed by atoms with van der Waals surface area (Å²) in [5, 5.41) is 3.22. The van der Waals surface area contributed by atoms with Gasteiger partial charge < -0.3 is 11.1 Å². The first-order chi connectivity index (χ1) is 10.1. The Kier molecular flexibility index (Phi) is 3.84. The van der Waals surface area contributed by atoms with E-state index in [0.717, 1.165) is 9.17 Å². The highest BCUT2D eigenvalue weighted by atomic mass is 79.9. The molecule has 0 unspecified atom stereocenters. The van der Waals surface area contributed by atoms with Gasteiger partial charge in [-0.15, -0.1) is 11.3 Å². The van der Waals surface area contributed by atoms with Crippen molar-refractivity contribution in [1.82, 2.24) is 4.98 Å². The number of carbonyl (C=O) groups is 1. The van der Waals surface area contributed by atoms with E-state index in [1.807, 2.05) is 12.1 Å². The standard InChI is InChI=1S/C14H9BrClN3OS/c15-7-3-4-9(8(16)6-7)19-14(20)13-11(17)12-10(21-13)2-1-5-18-12/h1-6H,17H2,(H,19,20). The van der Waals surface area contributed by atoms with Gasteiger partial charge in [-0.3, -0.25) is 9.78 Å². The molecule has 0 bridgehead atoms. The molecule has 106 valence electrons. The predicted octanol–water partition coefficient (Wildman–Crippen LogP) is 4.55. The summed E-state index contributed by atoms with van der Waals surface area (Å²) >= 11 is 10.7. The molecule has 2 heterocycles. The lowest BCUT2D eigenvalue weighted by atomic mass is 10.3. The number of rotatable bonds is 2. The van der Waals surface area contributed by atoms with Gasteiger partial charge in [0.05, 0.1) is 21.1 Å². The summed E-state index contributed by atoms with van der Waals surface area (Å²) in [5.41, 5.74) is 7.58. The van der Waals surface area contributed by atoms with Gasteiger partial charge in [0.25, 0.3) is 5.91 Å². The second kappa shape index (κ2) is 5.63. The number of halogens is 2. The minimum absolute atomic E-state index is 0.292. The van der Waals surface area contributed by atoms with E-state index in [1.165, 1.54) is 11.3 Å². The number of hydrogen-bond acceptors (Lipinski definition) is 4. The molecule has 3 rings (SSSR count). The number of pyridine rings is 1. The Morgan fingerprint density at radius 1 is 1.38 bits per heavy atom. The molecule has 0 aliphatic heterocycles. The number of nitrogen functional groups attached to an aromatic ring is 1.